The lowest BCUT2D eigenvalue weighted by Gasteiger charge is -2.52. The van der Waals surface area contributed by atoms with Crippen LogP contribution < -0.4 is 10.6 Å². The summed E-state index contributed by atoms with van der Waals surface area (Å²) in [4.78, 5) is 25.1. The molecule has 5 rings (SSSR count). The van der Waals surface area contributed by atoms with Crippen molar-refractivity contribution < 1.29 is 119 Å². The van der Waals surface area contributed by atoms with Gasteiger partial charge in [0.15, 0.2) is 31.5 Å². The topological polar surface area (TPSA) is 404 Å². The van der Waals surface area contributed by atoms with Crippen molar-refractivity contribution in [1.82, 2.24) is 10.6 Å². The molecule has 0 radical (unpaired) electrons. The van der Waals surface area contributed by atoms with Gasteiger partial charge in [-0.15, -0.1) is 0 Å². The number of aliphatic hydroxyl groups excluding tert-OH is 13. The first-order chi connectivity index (χ1) is 28.2. The van der Waals surface area contributed by atoms with Crippen molar-refractivity contribution in [2.75, 3.05) is 19.8 Å². The summed E-state index contributed by atoms with van der Waals surface area (Å²) < 4.78 is 52.9. The Morgan fingerprint density at radius 2 is 0.833 bits per heavy atom. The number of ether oxygens (including phenoxy) is 9. The molecule has 0 aliphatic carbocycles. The van der Waals surface area contributed by atoms with Gasteiger partial charge in [-0.1, -0.05) is 0 Å². The summed E-state index contributed by atoms with van der Waals surface area (Å²) in [5.74, 6) is -1.54. The highest BCUT2D eigenvalue weighted by molar-refractivity contribution is 5.73. The predicted octanol–water partition coefficient (Wildman–Crippen LogP) is -9.58. The Balaban J connectivity index is 1.56. The summed E-state index contributed by atoms with van der Waals surface area (Å²) >= 11 is 0. The number of aliphatic hydroxyl groups is 13. The molecule has 0 aromatic heterocycles. The summed E-state index contributed by atoms with van der Waals surface area (Å²) in [5.41, 5.74) is 0. The number of nitrogens with one attached hydrogen (secondary N) is 2. The minimum absolute atomic E-state index is 0.731. The zero-order chi connectivity index (χ0) is 44.5. The summed E-state index contributed by atoms with van der Waals surface area (Å²) in [6.45, 7) is 1.99. The number of rotatable bonds is 13. The van der Waals surface area contributed by atoms with Gasteiger partial charge in [0.2, 0.25) is 11.8 Å². The van der Waals surface area contributed by atoms with Crippen LogP contribution in [-0.4, -0.2) is 251 Å². The molecule has 0 aromatic carbocycles. The fourth-order valence-electron chi connectivity index (χ4n) is 7.71. The molecule has 5 aliphatic rings. The summed E-state index contributed by atoms with van der Waals surface area (Å²) in [7, 11) is 0. The highest BCUT2D eigenvalue weighted by atomic mass is 16.8. The van der Waals surface area contributed by atoms with Crippen LogP contribution in [0.15, 0.2) is 0 Å². The first kappa shape index (κ1) is 49.1. The van der Waals surface area contributed by atoms with Gasteiger partial charge in [-0.05, 0) is 13.8 Å². The third kappa shape index (κ3) is 10.4. The molecule has 15 N–H and O–H groups in total. The standard InChI is InChI=1S/C34H58N2O24/c1-8-17(42)21(46)23(48)33(52-8)59-28-16(36-11(4)41)32(56-14(7-39)26(28)57-31-15(35-10(3)40)20(45)19(44)12(5-37)55-31)58-27-13(6-38)54-30(51)25(50)29(27)60-34-24(49)22(47)18(43)9(2)53-34/h8-9,12-34,37-39,42-51H,5-7H2,1-4H3,(H,35,40)(H,36,41)/t8-,9-,12+,13+,14+,15+,16+,17+,18+,19-,20+,21+,22+,23-,24-,25+,26+,27+,28+,29+,30+,31-,32-,33-,34-/m0/s1. The van der Waals surface area contributed by atoms with E-state index in [2.05, 4.69) is 10.6 Å². The largest absolute Gasteiger partial charge is 0.394 e. The molecule has 2 amide bonds. The third-order valence-electron chi connectivity index (χ3n) is 11.0. The molecule has 0 aromatic rings. The first-order valence-electron chi connectivity index (χ1n) is 19.3. The number of amides is 2. The van der Waals surface area contributed by atoms with Crippen molar-refractivity contribution in [3.63, 3.8) is 0 Å². The Morgan fingerprint density at radius 3 is 1.32 bits per heavy atom. The Morgan fingerprint density at radius 1 is 0.433 bits per heavy atom. The van der Waals surface area contributed by atoms with Gasteiger partial charge in [0, 0.05) is 13.8 Å². The monoisotopic (exact) mass is 878 g/mol. The fourth-order valence-corrected chi connectivity index (χ4v) is 7.71. The maximum atomic E-state index is 12.9. The van der Waals surface area contributed by atoms with Crippen molar-refractivity contribution in [3.05, 3.63) is 0 Å². The van der Waals surface area contributed by atoms with E-state index in [1.807, 2.05) is 0 Å². The lowest BCUT2D eigenvalue weighted by molar-refractivity contribution is -0.390. The highest BCUT2D eigenvalue weighted by Gasteiger charge is 2.58. The molecule has 0 bridgehead atoms. The second kappa shape index (κ2) is 20.7. The van der Waals surface area contributed by atoms with Gasteiger partial charge in [0.05, 0.1) is 32.0 Å². The molecule has 26 nitrogen and oxygen atoms in total. The maximum absolute atomic E-state index is 12.9. The van der Waals surface area contributed by atoms with Crippen LogP contribution in [0.3, 0.4) is 0 Å². The number of carbonyl (C=O) groups excluding carboxylic acids is 2. The van der Waals surface area contributed by atoms with E-state index in [1.54, 1.807) is 0 Å². The minimum Gasteiger partial charge on any atom is -0.394 e. The van der Waals surface area contributed by atoms with Crippen molar-refractivity contribution in [2.24, 2.45) is 0 Å². The van der Waals surface area contributed by atoms with Gasteiger partial charge in [-0.25, -0.2) is 0 Å². The van der Waals surface area contributed by atoms with Gasteiger partial charge in [-0.2, -0.15) is 0 Å². The molecule has 5 aliphatic heterocycles. The number of carbonyl (C=O) groups is 2. The van der Waals surface area contributed by atoms with Crippen molar-refractivity contribution >= 4 is 11.8 Å². The van der Waals surface area contributed by atoms with Crippen molar-refractivity contribution in [3.8, 4) is 0 Å². The Kier molecular flexibility index (Phi) is 16.9. The van der Waals surface area contributed by atoms with E-state index in [4.69, 9.17) is 42.6 Å². The first-order valence-corrected chi connectivity index (χ1v) is 19.3. The van der Waals surface area contributed by atoms with Crippen molar-refractivity contribution in [2.45, 2.75) is 181 Å². The van der Waals surface area contributed by atoms with Crippen LogP contribution in [0.2, 0.25) is 0 Å². The normalized spacial score (nSPS) is 50.2. The lowest BCUT2D eigenvalue weighted by Crippen LogP contribution is -2.72. The molecule has 25 atom stereocenters. The number of hydrogen-bond donors (Lipinski definition) is 15. The highest BCUT2D eigenvalue weighted by Crippen LogP contribution is 2.37. The molecule has 0 unspecified atom stereocenters. The van der Waals surface area contributed by atoms with E-state index in [0.29, 0.717) is 0 Å². The molecule has 348 valence electrons. The third-order valence-corrected chi connectivity index (χ3v) is 11.0. The second-order valence-electron chi connectivity index (χ2n) is 15.4. The molecular formula is C34H58N2O24. The molecule has 5 saturated heterocycles. The maximum Gasteiger partial charge on any atom is 0.217 e. The molecular weight excluding hydrogens is 820 g/mol. The van der Waals surface area contributed by atoms with Gasteiger partial charge in [0.25, 0.3) is 0 Å². The van der Waals surface area contributed by atoms with Gasteiger partial charge in [-0.3, -0.25) is 9.59 Å². The average Bonchev–Trinajstić information content (AvgIpc) is 3.20. The number of hydrogen-bond acceptors (Lipinski definition) is 24. The van der Waals surface area contributed by atoms with Crippen LogP contribution in [0.4, 0.5) is 0 Å². The summed E-state index contributed by atoms with van der Waals surface area (Å²) in [6.07, 6.45) is -40.1. The molecule has 60 heavy (non-hydrogen) atoms. The molecule has 26 heteroatoms. The van der Waals surface area contributed by atoms with E-state index in [0.717, 1.165) is 13.8 Å². The van der Waals surface area contributed by atoms with E-state index in [1.165, 1.54) is 13.8 Å². The fraction of sp³-hybridized carbons (Fsp3) is 0.941. The van der Waals surface area contributed by atoms with Gasteiger partial charge < -0.3 is 120 Å². The Hall–Kier alpha value is -1.94. The van der Waals surface area contributed by atoms with Gasteiger partial charge in [0.1, 0.15) is 110 Å². The van der Waals surface area contributed by atoms with Crippen molar-refractivity contribution in [1.29, 1.82) is 0 Å². The average molecular weight is 879 g/mol. The van der Waals surface area contributed by atoms with Crippen LogP contribution in [0.5, 0.6) is 0 Å². The molecule has 0 saturated carbocycles. The molecule has 5 fully saturated rings. The lowest BCUT2D eigenvalue weighted by atomic mass is 9.93. The summed E-state index contributed by atoms with van der Waals surface area (Å²) in [5, 5.41) is 143. The quantitative estimate of drug-likeness (QED) is 0.0817. The van der Waals surface area contributed by atoms with E-state index in [-0.39, 0.29) is 0 Å². The van der Waals surface area contributed by atoms with Crippen LogP contribution in [0.25, 0.3) is 0 Å². The predicted molar refractivity (Wildman–Crippen MR) is 187 cm³/mol. The Bertz CT molecular complexity index is 1410. The smallest absolute Gasteiger partial charge is 0.217 e. The van der Waals surface area contributed by atoms with Crippen LogP contribution >= 0.6 is 0 Å². The Labute approximate surface area is 342 Å². The van der Waals surface area contributed by atoms with E-state index >= 15 is 0 Å². The van der Waals surface area contributed by atoms with E-state index < -0.39 is 185 Å². The van der Waals surface area contributed by atoms with Crippen LogP contribution in [0, 0.1) is 0 Å². The molecule has 0 spiro atoms. The zero-order valence-corrected chi connectivity index (χ0v) is 32.9. The molecule has 5 heterocycles. The summed E-state index contributed by atoms with van der Waals surface area (Å²) in [6, 6.07) is -3.29. The minimum atomic E-state index is -2.06. The SMILES string of the molecule is CC(=O)N[C@H]1[C@H](O[C@H]2[C@H](O[C@@H]3O[C@@H](C)[C@@H](O)[C@@H](O)[C@@H]3O)[C@@H](NC(C)=O)[C@H](O[C@H]3[C@H](O[C@@H]4O[C@@H](C)[C@@H](O)[C@@H](O)[C@@H]4O)[C@@H](O)[C@H](O)O[C@@H]3CO)O[C@@H]2CO)O[C@H](CO)[C@H](O)[C@@H]1O. The van der Waals surface area contributed by atoms with E-state index in [9.17, 15) is 76.0 Å². The van der Waals surface area contributed by atoms with Crippen LogP contribution in [0.1, 0.15) is 27.7 Å². The van der Waals surface area contributed by atoms with Gasteiger partial charge >= 0.3 is 0 Å². The zero-order valence-electron chi connectivity index (χ0n) is 32.9. The van der Waals surface area contributed by atoms with Crippen LogP contribution in [-0.2, 0) is 52.2 Å². The second-order valence-corrected chi connectivity index (χ2v) is 15.4.